The highest BCUT2D eigenvalue weighted by molar-refractivity contribution is 5.90. The van der Waals surface area contributed by atoms with Crippen molar-refractivity contribution in [2.45, 2.75) is 20.8 Å². The summed E-state index contributed by atoms with van der Waals surface area (Å²) in [7, 11) is 1.00. The van der Waals surface area contributed by atoms with Crippen molar-refractivity contribution < 1.29 is 20.0 Å². The van der Waals surface area contributed by atoms with Crippen LogP contribution in [0.1, 0.15) is 29.8 Å². The number of benzene rings is 1. The number of aliphatic hydroxyl groups is 1. The molecular weight excluding hydrogens is 196 g/mol. The van der Waals surface area contributed by atoms with Crippen molar-refractivity contribution in [3.63, 3.8) is 0 Å². The second-order valence-corrected chi connectivity index (χ2v) is 2.19. The highest BCUT2D eigenvalue weighted by Crippen LogP contribution is 2.07. The summed E-state index contributed by atoms with van der Waals surface area (Å²) < 4.78 is 0. The zero-order chi connectivity index (χ0) is 12.3. The molecule has 0 aliphatic rings. The summed E-state index contributed by atoms with van der Waals surface area (Å²) in [5.74, 6) is -0.719. The maximum atomic E-state index is 10.8. The number of aliphatic hydroxyl groups excluding tert-OH is 1. The molecule has 15 heavy (non-hydrogen) atoms. The Hall–Kier alpha value is -1.39. The van der Waals surface area contributed by atoms with Gasteiger partial charge >= 0.3 is 5.97 Å². The van der Waals surface area contributed by atoms with Gasteiger partial charge in [-0.15, -0.1) is 0 Å². The van der Waals surface area contributed by atoms with E-state index >= 15 is 0 Å². The van der Waals surface area contributed by atoms with E-state index in [4.69, 9.17) is 10.4 Å². The van der Waals surface area contributed by atoms with Crippen LogP contribution in [0, 0.1) is 6.92 Å². The number of hydrogen-bond donors (Lipinski definition) is 2. The van der Waals surface area contributed by atoms with Gasteiger partial charge in [-0.05, 0) is 18.6 Å². The maximum absolute atomic E-state index is 10.8. The van der Waals surface area contributed by atoms with Gasteiger partial charge in [0.1, 0.15) is 0 Å². The van der Waals surface area contributed by atoms with Crippen LogP contribution in [0.25, 0.3) is 0 Å². The summed E-state index contributed by atoms with van der Waals surface area (Å²) in [4.78, 5) is 14.3. The topological polar surface area (TPSA) is 66.8 Å². The lowest BCUT2D eigenvalue weighted by Crippen LogP contribution is -2.03. The lowest BCUT2D eigenvalue weighted by Gasteiger charge is -1.99. The predicted molar refractivity (Wildman–Crippen MR) is 58.7 cm³/mol. The third kappa shape index (κ3) is 5.83. The van der Waals surface area contributed by atoms with Gasteiger partial charge in [0.05, 0.1) is 5.56 Å². The van der Waals surface area contributed by atoms with Gasteiger partial charge in [0.25, 0.3) is 0 Å². The predicted octanol–water partition coefficient (Wildman–Crippen LogP) is 2.26. The minimum absolute atomic E-state index is 0.384. The van der Waals surface area contributed by atoms with Gasteiger partial charge in [-0.3, -0.25) is 4.89 Å². The molecule has 0 saturated carbocycles. The van der Waals surface area contributed by atoms with Crippen molar-refractivity contribution in [2.24, 2.45) is 0 Å². The number of carbonyl (C=O) groups is 1. The maximum Gasteiger partial charge on any atom is 0.373 e. The molecule has 0 atom stereocenters. The Kier molecular flexibility index (Phi) is 11.4. The summed E-state index contributed by atoms with van der Waals surface area (Å²) >= 11 is 0. The van der Waals surface area contributed by atoms with E-state index < -0.39 is 5.97 Å². The molecule has 1 aromatic carbocycles. The number of rotatable bonds is 1. The first kappa shape index (κ1) is 16.1. The molecule has 0 aliphatic heterocycles. The highest BCUT2D eigenvalue weighted by atomic mass is 17.1. The molecule has 0 amide bonds. The summed E-state index contributed by atoms with van der Waals surface area (Å²) in [6.45, 7) is 5.77. The molecule has 0 heterocycles. The molecule has 0 unspecified atom stereocenters. The SMILES string of the molecule is CC.CO.Cc1ccccc1C(=O)OO. The van der Waals surface area contributed by atoms with Gasteiger partial charge in [0.2, 0.25) is 0 Å². The molecule has 0 aromatic heterocycles. The van der Waals surface area contributed by atoms with Crippen molar-refractivity contribution in [3.05, 3.63) is 35.4 Å². The van der Waals surface area contributed by atoms with Gasteiger partial charge in [-0.1, -0.05) is 32.0 Å². The normalized spacial score (nSPS) is 7.60. The Morgan fingerprint density at radius 1 is 1.20 bits per heavy atom. The van der Waals surface area contributed by atoms with Gasteiger partial charge in [0, 0.05) is 7.11 Å². The van der Waals surface area contributed by atoms with E-state index in [0.717, 1.165) is 12.7 Å². The van der Waals surface area contributed by atoms with Gasteiger partial charge in [-0.2, -0.15) is 5.26 Å². The van der Waals surface area contributed by atoms with Crippen LogP contribution in [0.3, 0.4) is 0 Å². The molecule has 0 fully saturated rings. The van der Waals surface area contributed by atoms with E-state index in [9.17, 15) is 4.79 Å². The van der Waals surface area contributed by atoms with Gasteiger partial charge in [-0.25, -0.2) is 4.79 Å². The highest BCUT2D eigenvalue weighted by Gasteiger charge is 2.07. The Morgan fingerprint density at radius 3 is 2.07 bits per heavy atom. The molecule has 86 valence electrons. The molecule has 0 aliphatic carbocycles. The molecule has 4 nitrogen and oxygen atoms in total. The third-order valence-corrected chi connectivity index (χ3v) is 1.45. The van der Waals surface area contributed by atoms with Gasteiger partial charge < -0.3 is 5.11 Å². The van der Waals surface area contributed by atoms with Crippen molar-refractivity contribution in [1.82, 2.24) is 0 Å². The standard InChI is InChI=1S/C8H8O3.C2H6.CH4O/c1-6-4-2-3-5-7(6)8(9)11-10;2*1-2/h2-5,10H,1H3;1-2H3;2H,1H3. The Balaban J connectivity index is 0. The number of carbonyl (C=O) groups excluding carboxylic acids is 1. The summed E-state index contributed by atoms with van der Waals surface area (Å²) in [6.07, 6.45) is 0. The van der Waals surface area contributed by atoms with Crippen molar-refractivity contribution in [1.29, 1.82) is 0 Å². The molecule has 0 saturated heterocycles. The average molecular weight is 214 g/mol. The quantitative estimate of drug-likeness (QED) is 0.556. The van der Waals surface area contributed by atoms with Crippen LogP contribution < -0.4 is 0 Å². The number of aryl methyl sites for hydroxylation is 1. The lowest BCUT2D eigenvalue weighted by atomic mass is 10.1. The summed E-state index contributed by atoms with van der Waals surface area (Å²) in [5.41, 5.74) is 1.17. The molecule has 0 radical (unpaired) electrons. The fourth-order valence-electron chi connectivity index (χ4n) is 0.851. The van der Waals surface area contributed by atoms with Crippen molar-refractivity contribution in [3.8, 4) is 0 Å². The zero-order valence-electron chi connectivity index (χ0n) is 9.52. The minimum atomic E-state index is -0.719. The fraction of sp³-hybridized carbons (Fsp3) is 0.364. The summed E-state index contributed by atoms with van der Waals surface area (Å²) in [6, 6.07) is 6.88. The molecule has 1 rings (SSSR count). The van der Waals surface area contributed by atoms with Crippen LogP contribution >= 0.6 is 0 Å². The van der Waals surface area contributed by atoms with E-state index in [1.165, 1.54) is 0 Å². The van der Waals surface area contributed by atoms with Crippen LogP contribution in [0.4, 0.5) is 0 Å². The average Bonchev–Trinajstić information content (AvgIpc) is 2.34. The third-order valence-electron chi connectivity index (χ3n) is 1.45. The second-order valence-electron chi connectivity index (χ2n) is 2.19. The lowest BCUT2D eigenvalue weighted by molar-refractivity contribution is -0.182. The zero-order valence-corrected chi connectivity index (χ0v) is 9.52. The molecular formula is C11H18O4. The summed E-state index contributed by atoms with van der Waals surface area (Å²) in [5, 5.41) is 15.1. The smallest absolute Gasteiger partial charge is 0.373 e. The van der Waals surface area contributed by atoms with E-state index in [-0.39, 0.29) is 0 Å². The second kappa shape index (κ2) is 10.7. The molecule has 4 heteroatoms. The van der Waals surface area contributed by atoms with E-state index in [2.05, 4.69) is 4.89 Å². The van der Waals surface area contributed by atoms with Crippen LogP contribution in [-0.2, 0) is 4.89 Å². The van der Waals surface area contributed by atoms with E-state index in [1.54, 1.807) is 25.1 Å². The molecule has 0 spiro atoms. The Labute approximate surface area is 90.1 Å². The first-order chi connectivity index (χ1) is 7.25. The minimum Gasteiger partial charge on any atom is -0.400 e. The Bertz CT molecular complexity index is 271. The first-order valence-corrected chi connectivity index (χ1v) is 4.62. The van der Waals surface area contributed by atoms with Gasteiger partial charge in [0.15, 0.2) is 0 Å². The molecule has 2 N–H and O–H groups in total. The monoisotopic (exact) mass is 214 g/mol. The van der Waals surface area contributed by atoms with Crippen molar-refractivity contribution in [2.75, 3.05) is 7.11 Å². The van der Waals surface area contributed by atoms with Crippen LogP contribution in [-0.4, -0.2) is 23.4 Å². The number of hydrogen-bond acceptors (Lipinski definition) is 4. The Morgan fingerprint density at radius 2 is 1.67 bits per heavy atom. The largest absolute Gasteiger partial charge is 0.400 e. The van der Waals surface area contributed by atoms with Crippen LogP contribution in [0.15, 0.2) is 24.3 Å². The van der Waals surface area contributed by atoms with Crippen LogP contribution in [0.5, 0.6) is 0 Å². The molecule has 0 bridgehead atoms. The molecule has 1 aromatic rings. The van der Waals surface area contributed by atoms with E-state index in [1.807, 2.05) is 19.9 Å². The fourth-order valence-corrected chi connectivity index (χ4v) is 0.851. The van der Waals surface area contributed by atoms with Crippen molar-refractivity contribution >= 4 is 5.97 Å². The first-order valence-electron chi connectivity index (χ1n) is 4.62. The van der Waals surface area contributed by atoms with E-state index in [0.29, 0.717) is 5.56 Å². The van der Waals surface area contributed by atoms with Crippen LogP contribution in [0.2, 0.25) is 0 Å².